The van der Waals surface area contributed by atoms with Gasteiger partial charge in [-0.2, -0.15) is 0 Å². The predicted molar refractivity (Wildman–Crippen MR) is 106 cm³/mol. The number of Topliss-reactive ketones (excluding diaryl/α,β-unsaturated/α-hetero) is 1. The fourth-order valence-electron chi connectivity index (χ4n) is 2.95. The minimum Gasteiger partial charge on any atom is -0.316 e. The SMILES string of the molecule is O=C(O/N=c1\ccn(-c2ccccc2)c2ccccc12)C(=O)c1ccccc1. The highest BCUT2D eigenvalue weighted by Gasteiger charge is 2.17. The summed E-state index contributed by atoms with van der Waals surface area (Å²) >= 11 is 0. The molecule has 1 heterocycles. The second-order valence-corrected chi connectivity index (χ2v) is 6.09. The summed E-state index contributed by atoms with van der Waals surface area (Å²) in [6, 6.07) is 27.6. The van der Waals surface area contributed by atoms with Gasteiger partial charge in [0.2, 0.25) is 0 Å². The molecule has 5 heteroatoms. The Labute approximate surface area is 161 Å². The summed E-state index contributed by atoms with van der Waals surface area (Å²) in [5, 5.41) is 5.20. The van der Waals surface area contributed by atoms with E-state index in [1.807, 2.05) is 65.4 Å². The molecule has 28 heavy (non-hydrogen) atoms. The molecule has 0 aliphatic rings. The zero-order chi connectivity index (χ0) is 19.3. The van der Waals surface area contributed by atoms with Crippen LogP contribution in [0.4, 0.5) is 0 Å². The molecule has 0 N–H and O–H groups in total. The van der Waals surface area contributed by atoms with Crippen molar-refractivity contribution in [3.8, 4) is 5.69 Å². The van der Waals surface area contributed by atoms with E-state index < -0.39 is 11.8 Å². The molecule has 0 unspecified atom stereocenters. The Morgan fingerprint density at radius 2 is 1.39 bits per heavy atom. The van der Waals surface area contributed by atoms with Gasteiger partial charge in [0.25, 0.3) is 5.78 Å². The van der Waals surface area contributed by atoms with E-state index in [2.05, 4.69) is 5.16 Å². The summed E-state index contributed by atoms with van der Waals surface area (Å²) in [4.78, 5) is 29.1. The Morgan fingerprint density at radius 1 is 0.750 bits per heavy atom. The maximum Gasteiger partial charge on any atom is 0.405 e. The van der Waals surface area contributed by atoms with Crippen LogP contribution in [0.15, 0.2) is 102 Å². The third kappa shape index (κ3) is 3.46. The fourth-order valence-corrected chi connectivity index (χ4v) is 2.95. The number of aromatic nitrogens is 1. The van der Waals surface area contributed by atoms with E-state index >= 15 is 0 Å². The average molecular weight is 368 g/mol. The largest absolute Gasteiger partial charge is 0.405 e. The van der Waals surface area contributed by atoms with Crippen molar-refractivity contribution in [3.63, 3.8) is 0 Å². The lowest BCUT2D eigenvalue weighted by atomic mass is 10.1. The lowest BCUT2D eigenvalue weighted by Gasteiger charge is -2.11. The van der Waals surface area contributed by atoms with Crippen molar-refractivity contribution in [2.45, 2.75) is 0 Å². The summed E-state index contributed by atoms with van der Waals surface area (Å²) in [7, 11) is 0. The number of fused-ring (bicyclic) bond motifs is 1. The summed E-state index contributed by atoms with van der Waals surface area (Å²) < 4.78 is 2.02. The van der Waals surface area contributed by atoms with E-state index in [0.717, 1.165) is 16.6 Å². The van der Waals surface area contributed by atoms with E-state index in [1.165, 1.54) is 0 Å². The van der Waals surface area contributed by atoms with Crippen LogP contribution in [0.5, 0.6) is 0 Å². The number of nitrogens with zero attached hydrogens (tertiary/aromatic N) is 2. The van der Waals surface area contributed by atoms with Crippen molar-refractivity contribution >= 4 is 22.7 Å². The normalized spacial score (nSPS) is 11.4. The molecule has 0 saturated carbocycles. The molecule has 0 saturated heterocycles. The second kappa shape index (κ2) is 7.72. The molecule has 0 amide bonds. The van der Waals surface area contributed by atoms with E-state index in [4.69, 9.17) is 4.84 Å². The number of ketones is 1. The van der Waals surface area contributed by atoms with Gasteiger partial charge in [0.05, 0.1) is 5.52 Å². The van der Waals surface area contributed by atoms with Crippen molar-refractivity contribution in [2.24, 2.45) is 5.16 Å². The molecule has 0 fully saturated rings. The Balaban J connectivity index is 1.70. The van der Waals surface area contributed by atoms with Crippen LogP contribution in [0, 0.1) is 0 Å². The first-order chi connectivity index (χ1) is 13.7. The van der Waals surface area contributed by atoms with Crippen LogP contribution < -0.4 is 5.36 Å². The van der Waals surface area contributed by atoms with Gasteiger partial charge in [-0.1, -0.05) is 71.9 Å². The Morgan fingerprint density at radius 3 is 2.14 bits per heavy atom. The van der Waals surface area contributed by atoms with Crippen LogP contribution in [0.25, 0.3) is 16.6 Å². The van der Waals surface area contributed by atoms with Crippen molar-refractivity contribution in [3.05, 3.63) is 108 Å². The summed E-state index contributed by atoms with van der Waals surface area (Å²) in [6.07, 6.45) is 1.85. The number of rotatable bonds is 4. The van der Waals surface area contributed by atoms with Crippen LogP contribution in [0.1, 0.15) is 10.4 Å². The lowest BCUT2D eigenvalue weighted by Crippen LogP contribution is -2.17. The van der Waals surface area contributed by atoms with Crippen LogP contribution in [-0.2, 0) is 9.63 Å². The zero-order valence-corrected chi connectivity index (χ0v) is 14.9. The molecule has 0 atom stereocenters. The van der Waals surface area contributed by atoms with Crippen molar-refractivity contribution in [2.75, 3.05) is 0 Å². The number of benzene rings is 3. The molecule has 5 nitrogen and oxygen atoms in total. The second-order valence-electron chi connectivity index (χ2n) is 6.09. The van der Waals surface area contributed by atoms with Crippen molar-refractivity contribution in [1.82, 2.24) is 4.57 Å². The van der Waals surface area contributed by atoms with Crippen LogP contribution >= 0.6 is 0 Å². The Hall–Kier alpha value is -3.99. The van der Waals surface area contributed by atoms with Crippen LogP contribution in [-0.4, -0.2) is 16.3 Å². The molecule has 0 bridgehead atoms. The van der Waals surface area contributed by atoms with Gasteiger partial charge < -0.3 is 9.40 Å². The highest BCUT2D eigenvalue weighted by Crippen LogP contribution is 2.15. The van der Waals surface area contributed by atoms with Gasteiger partial charge in [0.15, 0.2) is 0 Å². The van der Waals surface area contributed by atoms with Gasteiger partial charge >= 0.3 is 5.97 Å². The number of hydrogen-bond donors (Lipinski definition) is 0. The predicted octanol–water partition coefficient (Wildman–Crippen LogP) is 3.87. The third-order valence-corrected chi connectivity index (χ3v) is 4.30. The highest BCUT2D eigenvalue weighted by atomic mass is 16.7. The smallest absolute Gasteiger partial charge is 0.316 e. The van der Waals surface area contributed by atoms with Gasteiger partial charge in [0.1, 0.15) is 5.36 Å². The molecule has 0 aliphatic heterocycles. The first kappa shape index (κ1) is 17.4. The Bertz CT molecular complexity index is 1210. The minimum absolute atomic E-state index is 0.266. The maximum atomic E-state index is 12.1. The third-order valence-electron chi connectivity index (χ3n) is 4.30. The molecule has 4 rings (SSSR count). The molecule has 0 aliphatic carbocycles. The summed E-state index contributed by atoms with van der Waals surface area (Å²) in [5.41, 5.74) is 2.17. The molecule has 4 aromatic rings. The van der Waals surface area contributed by atoms with E-state index in [1.54, 1.807) is 36.4 Å². The van der Waals surface area contributed by atoms with E-state index in [0.29, 0.717) is 5.36 Å². The number of pyridine rings is 1. The van der Waals surface area contributed by atoms with Gasteiger partial charge in [-0.25, -0.2) is 4.79 Å². The summed E-state index contributed by atoms with van der Waals surface area (Å²) in [6.45, 7) is 0. The molecule has 3 aromatic carbocycles. The highest BCUT2D eigenvalue weighted by molar-refractivity contribution is 6.40. The van der Waals surface area contributed by atoms with Gasteiger partial charge in [-0.3, -0.25) is 4.79 Å². The van der Waals surface area contributed by atoms with Gasteiger partial charge in [0, 0.05) is 22.8 Å². The first-order valence-corrected chi connectivity index (χ1v) is 8.74. The van der Waals surface area contributed by atoms with Gasteiger partial charge in [-0.15, -0.1) is 0 Å². The van der Waals surface area contributed by atoms with Crippen molar-refractivity contribution < 1.29 is 14.4 Å². The number of para-hydroxylation sites is 2. The minimum atomic E-state index is -1.02. The monoisotopic (exact) mass is 368 g/mol. The van der Waals surface area contributed by atoms with Gasteiger partial charge in [-0.05, 0) is 24.3 Å². The van der Waals surface area contributed by atoms with E-state index in [-0.39, 0.29) is 5.56 Å². The molecule has 136 valence electrons. The number of carbonyl (C=O) groups is 2. The molecule has 0 spiro atoms. The quantitative estimate of drug-likeness (QED) is 0.238. The Kier molecular flexibility index (Phi) is 4.80. The van der Waals surface area contributed by atoms with Crippen LogP contribution in [0.2, 0.25) is 0 Å². The standard InChI is InChI=1S/C23H16N2O3/c26-22(17-9-3-1-4-10-17)23(27)28-24-20-15-16-25(18-11-5-2-6-12-18)21-14-8-7-13-19(20)21/h1-16H/b24-20+. The zero-order valence-electron chi connectivity index (χ0n) is 14.9. The van der Waals surface area contributed by atoms with E-state index in [9.17, 15) is 9.59 Å². The lowest BCUT2D eigenvalue weighted by molar-refractivity contribution is -0.138. The average Bonchev–Trinajstić information content (AvgIpc) is 2.78. The molecule has 1 aromatic heterocycles. The fraction of sp³-hybridized carbons (Fsp3) is 0. The summed E-state index contributed by atoms with van der Waals surface area (Å²) in [5.74, 6) is -1.75. The number of hydrogen-bond acceptors (Lipinski definition) is 4. The molecular formula is C23H16N2O3. The van der Waals surface area contributed by atoms with Crippen LogP contribution in [0.3, 0.4) is 0 Å². The topological polar surface area (TPSA) is 60.7 Å². The van der Waals surface area contributed by atoms with Crippen molar-refractivity contribution in [1.29, 1.82) is 0 Å². The maximum absolute atomic E-state index is 12.1. The first-order valence-electron chi connectivity index (χ1n) is 8.74. The molecule has 0 radical (unpaired) electrons. The molecular weight excluding hydrogens is 352 g/mol. The number of carbonyl (C=O) groups excluding carboxylic acids is 2.